The van der Waals surface area contributed by atoms with Crippen LogP contribution in [0.1, 0.15) is 22.3 Å². The molecule has 0 unspecified atom stereocenters. The minimum absolute atomic E-state index is 0.0806. The van der Waals surface area contributed by atoms with Crippen LogP contribution in [0.25, 0.3) is 16.7 Å². The molecule has 33 heavy (non-hydrogen) atoms. The van der Waals surface area contributed by atoms with Gasteiger partial charge in [-0.25, -0.2) is 0 Å². The second-order valence-electron chi connectivity index (χ2n) is 7.74. The first-order valence-corrected chi connectivity index (χ1v) is 10.8. The van der Waals surface area contributed by atoms with Crippen molar-refractivity contribution in [1.29, 1.82) is 0 Å². The molecule has 0 N–H and O–H groups in total. The minimum atomic E-state index is -0.264. The Labute approximate surface area is 191 Å². The van der Waals surface area contributed by atoms with Crippen LogP contribution in [0.2, 0.25) is 0 Å². The van der Waals surface area contributed by atoms with E-state index < -0.39 is 0 Å². The van der Waals surface area contributed by atoms with Gasteiger partial charge in [0.2, 0.25) is 0 Å². The van der Waals surface area contributed by atoms with Crippen molar-refractivity contribution in [3.05, 3.63) is 175 Å². The average Bonchev–Trinajstić information content (AvgIpc) is 2.89. The van der Waals surface area contributed by atoms with Gasteiger partial charge >= 0.3 is 5.36 Å². The van der Waals surface area contributed by atoms with Crippen molar-refractivity contribution in [2.75, 3.05) is 0 Å². The third-order valence-electron chi connectivity index (χ3n) is 5.78. The zero-order chi connectivity index (χ0) is 22.6. The van der Waals surface area contributed by atoms with Gasteiger partial charge in [0.05, 0.1) is 10.4 Å². The number of rotatable bonds is 4. The molecule has 0 saturated heterocycles. The maximum atomic E-state index is 13.4. The summed E-state index contributed by atoms with van der Waals surface area (Å²) in [5, 5.41) is 1.29. The van der Waals surface area contributed by atoms with Gasteiger partial charge in [0, 0.05) is 11.1 Å². The Bertz CT molecular complexity index is 1560. The van der Waals surface area contributed by atoms with E-state index in [0.717, 1.165) is 33.4 Å². The standard InChI is InChI=1S/C30H20N2O/c31-32-29-27(25(21-13-5-1-6-14-21)22-15-7-2-8-16-22)28(30(29)33)26(23-17-9-3-10-18-23)24-19-11-4-12-20-24/h1-20H. The van der Waals surface area contributed by atoms with Gasteiger partial charge in [-0.3, -0.25) is 4.79 Å². The molecule has 0 heterocycles. The number of benzene rings is 4. The molecule has 0 spiro atoms. The first-order chi connectivity index (χ1) is 16.3. The van der Waals surface area contributed by atoms with E-state index >= 15 is 0 Å². The molecule has 5 aromatic carbocycles. The van der Waals surface area contributed by atoms with E-state index in [4.69, 9.17) is 0 Å². The van der Waals surface area contributed by atoms with Crippen molar-refractivity contribution in [3.63, 3.8) is 0 Å². The highest BCUT2D eigenvalue weighted by Gasteiger charge is 2.23. The van der Waals surface area contributed by atoms with Gasteiger partial charge in [-0.1, -0.05) is 121 Å². The fourth-order valence-corrected chi connectivity index (χ4v) is 4.31. The lowest BCUT2D eigenvalue weighted by Gasteiger charge is -2.12. The van der Waals surface area contributed by atoms with Gasteiger partial charge in [-0.15, -0.1) is 0 Å². The SMILES string of the molecule is [N-]=[N+]=c1c(=O)c(=C(c2ccccc2)c2ccccc2)c1=C(c1ccccc1)c1ccccc1. The molecule has 0 fully saturated rings. The summed E-state index contributed by atoms with van der Waals surface area (Å²) < 4.78 is 0. The third kappa shape index (κ3) is 3.67. The van der Waals surface area contributed by atoms with Crippen molar-refractivity contribution < 1.29 is 4.79 Å². The van der Waals surface area contributed by atoms with Crippen molar-refractivity contribution in [2.45, 2.75) is 0 Å². The molecule has 3 heteroatoms. The largest absolute Gasteiger partial charge is 0.371 e. The molecule has 0 aliphatic carbocycles. The smallest absolute Gasteiger partial charge is 0.361 e. The summed E-state index contributed by atoms with van der Waals surface area (Å²) >= 11 is 0. The molecular formula is C30H20N2O. The second kappa shape index (κ2) is 8.88. The predicted molar refractivity (Wildman–Crippen MR) is 130 cm³/mol. The van der Waals surface area contributed by atoms with Crippen LogP contribution in [0.4, 0.5) is 0 Å². The van der Waals surface area contributed by atoms with Crippen LogP contribution in [0.5, 0.6) is 0 Å². The van der Waals surface area contributed by atoms with E-state index in [2.05, 4.69) is 4.79 Å². The molecule has 5 aromatic rings. The van der Waals surface area contributed by atoms with Crippen LogP contribution in [0.3, 0.4) is 0 Å². The molecule has 0 aromatic heterocycles. The van der Waals surface area contributed by atoms with Crippen molar-refractivity contribution in [1.82, 2.24) is 0 Å². The maximum Gasteiger partial charge on any atom is 0.371 e. The Morgan fingerprint density at radius 2 is 0.788 bits per heavy atom. The van der Waals surface area contributed by atoms with E-state index in [0.29, 0.717) is 10.4 Å². The van der Waals surface area contributed by atoms with Gasteiger partial charge in [0.15, 0.2) is 0 Å². The Balaban J connectivity index is 2.06. The number of hydrogen-bond acceptors (Lipinski definition) is 1. The lowest BCUT2D eigenvalue weighted by Crippen LogP contribution is -2.67. The quantitative estimate of drug-likeness (QED) is 0.322. The first kappa shape index (κ1) is 20.3. The molecule has 3 nitrogen and oxygen atoms in total. The van der Waals surface area contributed by atoms with Gasteiger partial charge < -0.3 is 5.53 Å². The monoisotopic (exact) mass is 424 g/mol. The third-order valence-corrected chi connectivity index (χ3v) is 5.78. The minimum Gasteiger partial charge on any atom is -0.361 e. The molecule has 0 atom stereocenters. The zero-order valence-electron chi connectivity index (χ0n) is 17.8. The Kier molecular flexibility index (Phi) is 5.47. The normalized spacial score (nSPS) is 10.5. The first-order valence-electron chi connectivity index (χ1n) is 10.8. The predicted octanol–water partition coefficient (Wildman–Crippen LogP) is 3.55. The van der Waals surface area contributed by atoms with Gasteiger partial charge in [-0.05, 0) is 22.3 Å². The maximum absolute atomic E-state index is 13.4. The fourth-order valence-electron chi connectivity index (χ4n) is 4.31. The molecule has 0 aliphatic heterocycles. The molecule has 0 bridgehead atoms. The fraction of sp³-hybridized carbons (Fsp3) is 0. The number of hydrogen-bond donors (Lipinski definition) is 0. The Hall–Kier alpha value is -4.59. The van der Waals surface area contributed by atoms with E-state index in [-0.39, 0.29) is 10.8 Å². The summed E-state index contributed by atoms with van der Waals surface area (Å²) in [5.41, 5.74) is 15.0. The molecule has 0 radical (unpaired) electrons. The van der Waals surface area contributed by atoms with Crippen molar-refractivity contribution in [3.8, 4) is 0 Å². The lowest BCUT2D eigenvalue weighted by atomic mass is 9.88. The van der Waals surface area contributed by atoms with Gasteiger partial charge in [-0.2, -0.15) is 4.79 Å². The molecule has 0 aliphatic rings. The Morgan fingerprint density at radius 3 is 1.09 bits per heavy atom. The van der Waals surface area contributed by atoms with Crippen LogP contribution in [0, 0.1) is 0 Å². The molecule has 156 valence electrons. The van der Waals surface area contributed by atoms with Crippen molar-refractivity contribution >= 4 is 11.1 Å². The summed E-state index contributed by atoms with van der Waals surface area (Å²) in [4.78, 5) is 16.8. The molecule has 0 saturated carbocycles. The summed E-state index contributed by atoms with van der Waals surface area (Å²) in [6.07, 6.45) is 0. The number of nitrogens with zero attached hydrogens (tertiary/aromatic N) is 2. The van der Waals surface area contributed by atoms with Crippen LogP contribution < -0.4 is 21.2 Å². The van der Waals surface area contributed by atoms with E-state index in [1.165, 1.54) is 0 Å². The van der Waals surface area contributed by atoms with Gasteiger partial charge in [0.1, 0.15) is 0 Å². The summed E-state index contributed by atoms with van der Waals surface area (Å²) in [6.45, 7) is 0. The highest BCUT2D eigenvalue weighted by Crippen LogP contribution is 2.22. The summed E-state index contributed by atoms with van der Waals surface area (Å²) in [5.74, 6) is 0. The van der Waals surface area contributed by atoms with E-state index in [1.54, 1.807) is 0 Å². The van der Waals surface area contributed by atoms with Crippen molar-refractivity contribution in [2.24, 2.45) is 0 Å². The van der Waals surface area contributed by atoms with Crippen LogP contribution in [0.15, 0.2) is 126 Å². The second-order valence-corrected chi connectivity index (χ2v) is 7.74. The van der Waals surface area contributed by atoms with Crippen LogP contribution in [-0.4, -0.2) is 4.79 Å². The topological polar surface area (TPSA) is 53.5 Å². The highest BCUT2D eigenvalue weighted by atomic mass is 16.1. The van der Waals surface area contributed by atoms with E-state index in [1.807, 2.05) is 121 Å². The lowest BCUT2D eigenvalue weighted by molar-refractivity contribution is -0.0704. The zero-order valence-corrected chi connectivity index (χ0v) is 17.8. The van der Waals surface area contributed by atoms with Gasteiger partial charge in [0.25, 0.3) is 5.43 Å². The highest BCUT2D eigenvalue weighted by molar-refractivity contribution is 5.84. The summed E-state index contributed by atoms with van der Waals surface area (Å²) in [7, 11) is 0. The molecule has 0 amide bonds. The Morgan fingerprint density at radius 1 is 0.485 bits per heavy atom. The molecular weight excluding hydrogens is 404 g/mol. The van der Waals surface area contributed by atoms with E-state index in [9.17, 15) is 10.3 Å². The summed E-state index contributed by atoms with van der Waals surface area (Å²) in [6, 6.07) is 39.6. The van der Waals surface area contributed by atoms with Crippen LogP contribution in [-0.2, 0) is 0 Å². The average molecular weight is 425 g/mol. The van der Waals surface area contributed by atoms with Crippen LogP contribution >= 0.6 is 0 Å². The molecule has 5 rings (SSSR count).